The van der Waals surface area contributed by atoms with Gasteiger partial charge in [0.2, 0.25) is 0 Å². The monoisotopic (exact) mass is 431 g/mol. The fourth-order valence-electron chi connectivity index (χ4n) is 3.84. The summed E-state index contributed by atoms with van der Waals surface area (Å²) < 4.78 is 54.0. The smallest absolute Gasteiger partial charge is 0.313 e. The number of alkyl halides is 3. The van der Waals surface area contributed by atoms with E-state index in [2.05, 4.69) is 20.1 Å². The molecule has 0 bridgehead atoms. The molecule has 2 atom stereocenters. The Kier molecular flexibility index (Phi) is 4.11. The van der Waals surface area contributed by atoms with Gasteiger partial charge in [-0.05, 0) is 42.0 Å². The summed E-state index contributed by atoms with van der Waals surface area (Å²) in [5.41, 5.74) is -0.400. The number of aromatic amines is 2. The number of aromatic nitrogens is 5. The maximum Gasteiger partial charge on any atom is 0.419 e. The van der Waals surface area contributed by atoms with Crippen LogP contribution in [0.25, 0.3) is 16.9 Å². The topological polar surface area (TPSA) is 95.9 Å². The van der Waals surface area contributed by atoms with Gasteiger partial charge in [-0.3, -0.25) is 9.78 Å². The molecule has 0 saturated heterocycles. The van der Waals surface area contributed by atoms with Gasteiger partial charge >= 0.3 is 11.9 Å². The molecule has 158 valence electrons. The number of fused-ring (bicyclic) bond motifs is 1. The lowest BCUT2D eigenvalue weighted by molar-refractivity contribution is -0.140. The van der Waals surface area contributed by atoms with E-state index in [9.17, 15) is 27.2 Å². The summed E-state index contributed by atoms with van der Waals surface area (Å²) in [6.45, 7) is 0. The van der Waals surface area contributed by atoms with Crippen LogP contribution in [0.4, 0.5) is 17.6 Å². The van der Waals surface area contributed by atoms with Gasteiger partial charge in [-0.2, -0.15) is 18.3 Å². The van der Waals surface area contributed by atoms with Crippen LogP contribution in [0.15, 0.2) is 52.4 Å². The van der Waals surface area contributed by atoms with Gasteiger partial charge in [0.05, 0.1) is 16.8 Å². The molecule has 3 aromatic heterocycles. The Balaban J connectivity index is 1.55. The molecule has 31 heavy (non-hydrogen) atoms. The van der Waals surface area contributed by atoms with Crippen molar-refractivity contribution in [3.05, 3.63) is 86.2 Å². The SMILES string of the molecule is O=c1[nH]cc(-c2cc([C@@H]3C[C@H]3c3ccc(C(F)(F)F)c(F)c3)c3nccn3n2)c(=O)[nH]1. The number of hydrogen-bond donors (Lipinski definition) is 2. The summed E-state index contributed by atoms with van der Waals surface area (Å²) in [5, 5.41) is 4.34. The molecule has 0 unspecified atom stereocenters. The van der Waals surface area contributed by atoms with Gasteiger partial charge in [-0.25, -0.2) is 18.7 Å². The lowest BCUT2D eigenvalue weighted by atomic mass is 10.0. The maximum atomic E-state index is 14.0. The summed E-state index contributed by atoms with van der Waals surface area (Å²) in [6, 6.07) is 4.62. The standard InChI is InChI=1S/C20H13F4N5O2/c21-15-5-9(1-2-14(15)20(22,23)24)10-6-11(10)12-7-16(28-29-4-3-25-17(12)29)13-8-26-19(31)27-18(13)30/h1-5,7-8,10-11H,6H2,(H2,26,27,30,31)/t10-,11+/m0/s1. The molecule has 2 N–H and O–H groups in total. The first-order chi connectivity index (χ1) is 14.7. The van der Waals surface area contributed by atoms with Crippen molar-refractivity contribution in [2.45, 2.75) is 24.4 Å². The number of nitrogens with zero attached hydrogens (tertiary/aromatic N) is 3. The van der Waals surface area contributed by atoms with E-state index in [0.29, 0.717) is 23.3 Å². The Bertz CT molecular complexity index is 1440. The molecule has 1 fully saturated rings. The fourth-order valence-corrected chi connectivity index (χ4v) is 3.84. The second-order valence-corrected chi connectivity index (χ2v) is 7.35. The lowest BCUT2D eigenvalue weighted by Crippen LogP contribution is -2.23. The van der Waals surface area contributed by atoms with Crippen LogP contribution in [0.3, 0.4) is 0 Å². The second-order valence-electron chi connectivity index (χ2n) is 7.35. The first-order valence-electron chi connectivity index (χ1n) is 9.25. The maximum absolute atomic E-state index is 14.0. The molecule has 11 heteroatoms. The number of rotatable bonds is 3. The number of halogens is 4. The molecule has 1 aliphatic rings. The van der Waals surface area contributed by atoms with Gasteiger partial charge in [0, 0.05) is 24.2 Å². The summed E-state index contributed by atoms with van der Waals surface area (Å²) in [7, 11) is 0. The minimum absolute atomic E-state index is 0.135. The molecule has 1 saturated carbocycles. The van der Waals surface area contributed by atoms with E-state index in [1.807, 2.05) is 0 Å². The molecule has 0 aliphatic heterocycles. The number of H-pyrrole nitrogens is 2. The van der Waals surface area contributed by atoms with Crippen molar-refractivity contribution in [3.63, 3.8) is 0 Å². The highest BCUT2D eigenvalue weighted by atomic mass is 19.4. The Morgan fingerprint density at radius 2 is 1.94 bits per heavy atom. The molecule has 0 spiro atoms. The highest BCUT2D eigenvalue weighted by molar-refractivity contribution is 5.63. The van der Waals surface area contributed by atoms with Gasteiger partial charge in [-0.1, -0.05) is 6.07 Å². The van der Waals surface area contributed by atoms with Crippen LogP contribution in [0.2, 0.25) is 0 Å². The molecule has 0 amide bonds. The zero-order chi connectivity index (χ0) is 21.9. The van der Waals surface area contributed by atoms with Crippen LogP contribution in [-0.4, -0.2) is 24.6 Å². The van der Waals surface area contributed by atoms with Gasteiger partial charge in [0.15, 0.2) is 5.65 Å². The zero-order valence-electron chi connectivity index (χ0n) is 15.6. The van der Waals surface area contributed by atoms with Crippen molar-refractivity contribution in [3.8, 4) is 11.3 Å². The summed E-state index contributed by atoms with van der Waals surface area (Å²) >= 11 is 0. The highest BCUT2D eigenvalue weighted by Gasteiger charge is 2.42. The Morgan fingerprint density at radius 1 is 1.13 bits per heavy atom. The van der Waals surface area contributed by atoms with Crippen molar-refractivity contribution in [1.82, 2.24) is 24.6 Å². The largest absolute Gasteiger partial charge is 0.419 e. The van der Waals surface area contributed by atoms with E-state index in [-0.39, 0.29) is 17.4 Å². The second kappa shape index (κ2) is 6.62. The molecular weight excluding hydrogens is 418 g/mol. The third kappa shape index (κ3) is 3.31. The quantitative estimate of drug-likeness (QED) is 0.487. The first kappa shape index (κ1) is 19.2. The van der Waals surface area contributed by atoms with E-state index < -0.39 is 28.8 Å². The summed E-state index contributed by atoms with van der Waals surface area (Å²) in [5.74, 6) is -1.64. The average molecular weight is 431 g/mol. The highest BCUT2D eigenvalue weighted by Crippen LogP contribution is 2.56. The van der Waals surface area contributed by atoms with Crippen molar-refractivity contribution in [1.29, 1.82) is 0 Å². The minimum atomic E-state index is -4.75. The van der Waals surface area contributed by atoms with E-state index in [4.69, 9.17) is 0 Å². The number of nitrogens with one attached hydrogen (secondary N) is 2. The zero-order valence-corrected chi connectivity index (χ0v) is 15.6. The van der Waals surface area contributed by atoms with E-state index in [0.717, 1.165) is 17.7 Å². The van der Waals surface area contributed by atoms with Gasteiger partial charge in [-0.15, -0.1) is 0 Å². The molecule has 3 heterocycles. The van der Waals surface area contributed by atoms with Crippen molar-refractivity contribution >= 4 is 5.65 Å². The van der Waals surface area contributed by atoms with Crippen molar-refractivity contribution in [2.24, 2.45) is 0 Å². The third-order valence-corrected chi connectivity index (χ3v) is 5.40. The summed E-state index contributed by atoms with van der Waals surface area (Å²) in [4.78, 5) is 32.3. The molecule has 0 radical (unpaired) electrons. The molecule has 4 aromatic rings. The molecule has 7 nitrogen and oxygen atoms in total. The number of benzene rings is 1. The predicted octanol–water partition coefficient (Wildman–Crippen LogP) is 3.20. The van der Waals surface area contributed by atoms with Crippen LogP contribution in [0.1, 0.15) is 34.9 Å². The Labute approximate surface area is 170 Å². The van der Waals surface area contributed by atoms with E-state index >= 15 is 0 Å². The van der Waals surface area contributed by atoms with E-state index in [1.54, 1.807) is 12.3 Å². The molecule has 1 aliphatic carbocycles. The predicted molar refractivity (Wildman–Crippen MR) is 101 cm³/mol. The minimum Gasteiger partial charge on any atom is -0.313 e. The normalized spacial score (nSPS) is 18.5. The van der Waals surface area contributed by atoms with Crippen LogP contribution >= 0.6 is 0 Å². The van der Waals surface area contributed by atoms with Crippen molar-refractivity contribution < 1.29 is 17.6 Å². The molecular formula is C20H13F4N5O2. The molecule has 5 rings (SSSR count). The Hall–Kier alpha value is -3.76. The van der Waals surface area contributed by atoms with Crippen LogP contribution in [0.5, 0.6) is 0 Å². The van der Waals surface area contributed by atoms with Gasteiger partial charge < -0.3 is 4.98 Å². The van der Waals surface area contributed by atoms with Gasteiger partial charge in [0.25, 0.3) is 5.56 Å². The summed E-state index contributed by atoms with van der Waals surface area (Å²) in [6.07, 6.45) is 0.209. The third-order valence-electron chi connectivity index (χ3n) is 5.40. The Morgan fingerprint density at radius 3 is 2.65 bits per heavy atom. The first-order valence-corrected chi connectivity index (χ1v) is 9.25. The van der Waals surface area contributed by atoms with Crippen molar-refractivity contribution in [2.75, 3.05) is 0 Å². The lowest BCUT2D eigenvalue weighted by Gasteiger charge is -2.10. The number of imidazole rings is 1. The number of hydrogen-bond acceptors (Lipinski definition) is 4. The van der Waals surface area contributed by atoms with Crippen LogP contribution in [-0.2, 0) is 6.18 Å². The fraction of sp³-hybridized carbons (Fsp3) is 0.200. The molecule has 1 aromatic carbocycles. The van der Waals surface area contributed by atoms with Crippen LogP contribution < -0.4 is 11.2 Å². The average Bonchev–Trinajstić information content (AvgIpc) is 3.35. The van der Waals surface area contributed by atoms with E-state index in [1.165, 1.54) is 23.0 Å². The van der Waals surface area contributed by atoms with Gasteiger partial charge in [0.1, 0.15) is 5.82 Å². The van der Waals surface area contributed by atoms with Crippen LogP contribution in [0, 0.1) is 5.82 Å².